The lowest BCUT2D eigenvalue weighted by Gasteiger charge is -2.02. The summed E-state index contributed by atoms with van der Waals surface area (Å²) >= 11 is 0.840. The highest BCUT2D eigenvalue weighted by Gasteiger charge is 2.40. The number of benzene rings is 1. The van der Waals surface area contributed by atoms with Crippen molar-refractivity contribution >= 4 is 28.0 Å². The second-order valence-electron chi connectivity index (χ2n) is 4.40. The van der Waals surface area contributed by atoms with Gasteiger partial charge in [0.25, 0.3) is 5.78 Å². The van der Waals surface area contributed by atoms with E-state index in [4.69, 9.17) is 0 Å². The number of nitrogens with zero attached hydrogens (tertiary/aromatic N) is 1. The second-order valence-corrected chi connectivity index (χ2v) is 5.49. The normalized spacial score (nSPS) is 11.8. The van der Waals surface area contributed by atoms with Gasteiger partial charge in [-0.1, -0.05) is 12.1 Å². The number of alkyl halides is 3. The van der Waals surface area contributed by atoms with Gasteiger partial charge in [-0.25, -0.2) is 0 Å². The van der Waals surface area contributed by atoms with Crippen LogP contribution < -0.4 is 0 Å². The van der Waals surface area contributed by atoms with Gasteiger partial charge in [0.2, 0.25) is 0 Å². The molecule has 2 heterocycles. The van der Waals surface area contributed by atoms with Crippen molar-refractivity contribution < 1.29 is 18.0 Å². The zero-order valence-corrected chi connectivity index (χ0v) is 11.3. The fraction of sp³-hybridized carbons (Fsp3) is 0.0667. The molecule has 3 rings (SSSR count). The maximum Gasteiger partial charge on any atom is 0.455 e. The second kappa shape index (κ2) is 4.96. The van der Waals surface area contributed by atoms with E-state index in [2.05, 4.69) is 4.98 Å². The Balaban J connectivity index is 2.00. The first-order valence-electron chi connectivity index (χ1n) is 6.02. The summed E-state index contributed by atoms with van der Waals surface area (Å²) in [5, 5.41) is 0.895. The minimum absolute atomic E-state index is 0.302. The molecular formula is C15H8F3NOS. The molecule has 6 heteroatoms. The average Bonchev–Trinajstić information content (AvgIpc) is 2.94. The standard InChI is InChI=1S/C15H8F3NOS/c16-15(17,18)14(20)13-6-5-12(21-13)10-3-4-11-9(8-10)2-1-7-19-11/h1-8H. The Labute approximate surface area is 121 Å². The summed E-state index contributed by atoms with van der Waals surface area (Å²) in [5.74, 6) is -1.80. The summed E-state index contributed by atoms with van der Waals surface area (Å²) in [4.78, 5) is 15.7. The van der Waals surface area contributed by atoms with E-state index in [0.717, 1.165) is 27.8 Å². The summed E-state index contributed by atoms with van der Waals surface area (Å²) in [7, 11) is 0. The highest BCUT2D eigenvalue weighted by atomic mass is 32.1. The maximum absolute atomic E-state index is 12.4. The van der Waals surface area contributed by atoms with E-state index >= 15 is 0 Å². The summed E-state index contributed by atoms with van der Waals surface area (Å²) in [6.07, 6.45) is -3.16. The lowest BCUT2D eigenvalue weighted by molar-refractivity contribution is -0.0882. The lowest BCUT2D eigenvalue weighted by atomic mass is 10.1. The van der Waals surface area contributed by atoms with Crippen molar-refractivity contribution in [2.75, 3.05) is 0 Å². The summed E-state index contributed by atoms with van der Waals surface area (Å²) in [6.45, 7) is 0. The van der Waals surface area contributed by atoms with Gasteiger partial charge >= 0.3 is 6.18 Å². The van der Waals surface area contributed by atoms with Crippen molar-refractivity contribution in [3.05, 3.63) is 53.5 Å². The Morgan fingerprint density at radius 1 is 1.10 bits per heavy atom. The molecule has 0 radical (unpaired) electrons. The SMILES string of the molecule is O=C(c1ccc(-c2ccc3ncccc3c2)s1)C(F)(F)F. The van der Waals surface area contributed by atoms with Crippen LogP contribution >= 0.6 is 11.3 Å². The maximum atomic E-state index is 12.4. The molecule has 0 N–H and O–H groups in total. The van der Waals surface area contributed by atoms with E-state index in [1.165, 1.54) is 12.1 Å². The molecule has 3 aromatic rings. The molecule has 2 aromatic heterocycles. The minimum Gasteiger partial charge on any atom is -0.283 e. The van der Waals surface area contributed by atoms with Crippen molar-refractivity contribution in [1.82, 2.24) is 4.98 Å². The third-order valence-electron chi connectivity index (χ3n) is 2.97. The van der Waals surface area contributed by atoms with Gasteiger partial charge in [0.15, 0.2) is 0 Å². The number of fused-ring (bicyclic) bond motifs is 1. The highest BCUT2D eigenvalue weighted by Crippen LogP contribution is 2.33. The number of ketones is 1. The van der Waals surface area contributed by atoms with Crippen LogP contribution in [0.5, 0.6) is 0 Å². The van der Waals surface area contributed by atoms with Gasteiger partial charge < -0.3 is 0 Å². The molecule has 0 unspecified atom stereocenters. The molecule has 0 aliphatic heterocycles. The van der Waals surface area contributed by atoms with Crippen molar-refractivity contribution in [2.24, 2.45) is 0 Å². The van der Waals surface area contributed by atoms with E-state index in [1.807, 2.05) is 12.1 Å². The number of hydrogen-bond donors (Lipinski definition) is 0. The van der Waals surface area contributed by atoms with Crippen LogP contribution in [0, 0.1) is 0 Å². The van der Waals surface area contributed by atoms with Crippen LogP contribution in [0.2, 0.25) is 0 Å². The third-order valence-corrected chi connectivity index (χ3v) is 4.11. The van der Waals surface area contributed by atoms with Crippen molar-refractivity contribution in [1.29, 1.82) is 0 Å². The molecule has 21 heavy (non-hydrogen) atoms. The Kier molecular flexibility index (Phi) is 3.25. The Hall–Kier alpha value is -2.21. The van der Waals surface area contributed by atoms with Crippen LogP contribution in [-0.4, -0.2) is 16.9 Å². The number of aromatic nitrogens is 1. The average molecular weight is 307 g/mol. The molecule has 2 nitrogen and oxygen atoms in total. The van der Waals surface area contributed by atoms with E-state index < -0.39 is 12.0 Å². The number of hydrogen-bond acceptors (Lipinski definition) is 3. The topological polar surface area (TPSA) is 30.0 Å². The minimum atomic E-state index is -4.84. The molecule has 0 amide bonds. The first-order valence-corrected chi connectivity index (χ1v) is 6.83. The van der Waals surface area contributed by atoms with Crippen LogP contribution in [0.15, 0.2) is 48.7 Å². The van der Waals surface area contributed by atoms with Crippen LogP contribution in [0.4, 0.5) is 13.2 Å². The fourth-order valence-electron chi connectivity index (χ4n) is 1.98. The molecule has 1 aromatic carbocycles. The van der Waals surface area contributed by atoms with Crippen molar-refractivity contribution in [2.45, 2.75) is 6.18 Å². The van der Waals surface area contributed by atoms with Gasteiger partial charge in [0, 0.05) is 16.5 Å². The third kappa shape index (κ3) is 2.67. The molecule has 0 aliphatic rings. The molecule has 0 saturated carbocycles. The number of rotatable bonds is 2. The van der Waals surface area contributed by atoms with Crippen LogP contribution in [0.25, 0.3) is 21.3 Å². The summed E-state index contributed by atoms with van der Waals surface area (Å²) in [6, 6.07) is 11.8. The molecule has 0 spiro atoms. The summed E-state index contributed by atoms with van der Waals surface area (Å²) in [5.41, 5.74) is 1.58. The fourth-order valence-corrected chi connectivity index (χ4v) is 2.95. The Morgan fingerprint density at radius 2 is 1.90 bits per heavy atom. The van der Waals surface area contributed by atoms with Gasteiger partial charge in [-0.15, -0.1) is 11.3 Å². The van der Waals surface area contributed by atoms with Gasteiger partial charge in [-0.2, -0.15) is 13.2 Å². The van der Waals surface area contributed by atoms with Crippen molar-refractivity contribution in [3.63, 3.8) is 0 Å². The van der Waals surface area contributed by atoms with Crippen LogP contribution in [-0.2, 0) is 0 Å². The van der Waals surface area contributed by atoms with Crippen LogP contribution in [0.1, 0.15) is 9.67 Å². The largest absolute Gasteiger partial charge is 0.455 e. The van der Waals surface area contributed by atoms with Crippen LogP contribution in [0.3, 0.4) is 0 Å². The highest BCUT2D eigenvalue weighted by molar-refractivity contribution is 7.17. The van der Waals surface area contributed by atoms with Gasteiger partial charge in [0.1, 0.15) is 0 Å². The predicted molar refractivity (Wildman–Crippen MR) is 75.4 cm³/mol. The van der Waals surface area contributed by atoms with E-state index in [0.29, 0.717) is 4.88 Å². The zero-order valence-electron chi connectivity index (χ0n) is 10.5. The zero-order chi connectivity index (χ0) is 15.0. The quantitative estimate of drug-likeness (QED) is 0.642. The monoisotopic (exact) mass is 307 g/mol. The number of carbonyl (C=O) groups is 1. The Bertz CT molecular complexity index is 823. The number of pyridine rings is 1. The first kappa shape index (κ1) is 13.8. The number of halogens is 3. The van der Waals surface area contributed by atoms with Gasteiger partial charge in [-0.3, -0.25) is 9.78 Å². The number of Topliss-reactive ketones (excluding diaryl/α,β-unsaturated/α-hetero) is 1. The summed E-state index contributed by atoms with van der Waals surface area (Å²) < 4.78 is 37.2. The van der Waals surface area contributed by atoms with E-state index in [9.17, 15) is 18.0 Å². The van der Waals surface area contributed by atoms with Gasteiger partial charge in [0.05, 0.1) is 10.4 Å². The van der Waals surface area contributed by atoms with E-state index in [-0.39, 0.29) is 4.88 Å². The van der Waals surface area contributed by atoms with E-state index in [1.54, 1.807) is 24.4 Å². The molecule has 106 valence electrons. The Morgan fingerprint density at radius 3 is 2.67 bits per heavy atom. The van der Waals surface area contributed by atoms with Gasteiger partial charge in [-0.05, 0) is 35.9 Å². The molecule has 0 saturated heterocycles. The predicted octanol–water partition coefficient (Wildman–Crippen LogP) is 4.71. The molecular weight excluding hydrogens is 299 g/mol. The molecule has 0 bridgehead atoms. The number of thiophene rings is 1. The number of carbonyl (C=O) groups excluding carboxylic acids is 1. The first-order chi connectivity index (χ1) is 9.95. The lowest BCUT2D eigenvalue weighted by Crippen LogP contribution is -2.21. The smallest absolute Gasteiger partial charge is 0.283 e. The van der Waals surface area contributed by atoms with Crippen molar-refractivity contribution in [3.8, 4) is 10.4 Å². The molecule has 0 aliphatic carbocycles. The molecule has 0 fully saturated rings. The molecule has 0 atom stereocenters.